The number of aryl methyl sites for hydroxylation is 1. The Labute approximate surface area is 120 Å². The Morgan fingerprint density at radius 2 is 2.00 bits per heavy atom. The van der Waals surface area contributed by atoms with Crippen LogP contribution in [0.4, 0.5) is 0 Å². The number of benzene rings is 1. The number of nitrogens with zero attached hydrogens (tertiary/aromatic N) is 1. The van der Waals surface area contributed by atoms with Crippen LogP contribution in [-0.4, -0.2) is 4.98 Å². The maximum atomic E-state index is 6.11. The van der Waals surface area contributed by atoms with Gasteiger partial charge >= 0.3 is 0 Å². The topological polar surface area (TPSA) is 22.1 Å². The molecule has 0 aliphatic heterocycles. The number of hydrogen-bond donors (Lipinski definition) is 0. The number of alkyl halides is 1. The van der Waals surface area contributed by atoms with E-state index in [1.54, 1.807) is 0 Å². The van der Waals surface area contributed by atoms with Gasteiger partial charge in [0.05, 0.1) is 5.69 Å². The van der Waals surface area contributed by atoms with Crippen LogP contribution in [0.2, 0.25) is 5.02 Å². The summed E-state index contributed by atoms with van der Waals surface area (Å²) in [6.45, 7) is 2.41. The predicted octanol–water partition coefficient (Wildman–Crippen LogP) is 4.52. The molecule has 0 saturated heterocycles. The van der Waals surface area contributed by atoms with E-state index in [0.717, 1.165) is 22.7 Å². The molecule has 0 aliphatic rings. The highest BCUT2D eigenvalue weighted by Gasteiger charge is 2.07. The summed E-state index contributed by atoms with van der Waals surface area (Å²) in [4.78, 5) is 4.40. The molecule has 0 aliphatic carbocycles. The van der Waals surface area contributed by atoms with Gasteiger partial charge in [-0.05, 0) is 31.2 Å². The second-order valence-electron chi connectivity index (χ2n) is 3.91. The number of ether oxygens (including phenoxy) is 1. The number of aromatic nitrogens is 1. The van der Waals surface area contributed by atoms with E-state index in [-0.39, 0.29) is 0 Å². The van der Waals surface area contributed by atoms with Crippen molar-refractivity contribution >= 4 is 27.5 Å². The molecule has 94 valence electrons. The molecule has 0 unspecified atom stereocenters. The summed E-state index contributed by atoms with van der Waals surface area (Å²) in [5.41, 5.74) is 2.87. The van der Waals surface area contributed by atoms with Crippen molar-refractivity contribution in [3.8, 4) is 5.75 Å². The van der Waals surface area contributed by atoms with Crippen LogP contribution in [0.25, 0.3) is 0 Å². The first kappa shape index (κ1) is 13.4. The molecule has 1 aromatic carbocycles. The standard InChI is InChI=1S/C14H13BrClNO/c1-10-4-2-5-11(17-10)9-18-14-7-3-6-13(16)12(14)8-15/h2-7H,8-9H2,1H3. The van der Waals surface area contributed by atoms with Crippen LogP contribution < -0.4 is 4.74 Å². The van der Waals surface area contributed by atoms with Gasteiger partial charge in [0, 0.05) is 21.6 Å². The summed E-state index contributed by atoms with van der Waals surface area (Å²) < 4.78 is 5.77. The molecular formula is C14H13BrClNO. The minimum Gasteiger partial charge on any atom is -0.487 e. The molecule has 18 heavy (non-hydrogen) atoms. The molecule has 2 aromatic rings. The van der Waals surface area contributed by atoms with E-state index in [1.165, 1.54) is 0 Å². The van der Waals surface area contributed by atoms with Crippen molar-refractivity contribution < 1.29 is 4.74 Å². The maximum absolute atomic E-state index is 6.11. The molecule has 2 nitrogen and oxygen atoms in total. The molecule has 0 spiro atoms. The fourth-order valence-electron chi connectivity index (χ4n) is 1.64. The molecular weight excluding hydrogens is 314 g/mol. The Kier molecular flexibility index (Phi) is 4.61. The minimum atomic E-state index is 0.446. The summed E-state index contributed by atoms with van der Waals surface area (Å²) in [7, 11) is 0. The Morgan fingerprint density at radius 3 is 2.72 bits per heavy atom. The van der Waals surface area contributed by atoms with Crippen LogP contribution in [0, 0.1) is 6.92 Å². The van der Waals surface area contributed by atoms with Gasteiger partial charge in [0.1, 0.15) is 12.4 Å². The normalized spacial score (nSPS) is 10.4. The quantitative estimate of drug-likeness (QED) is 0.771. The van der Waals surface area contributed by atoms with Gasteiger partial charge in [-0.25, -0.2) is 0 Å². The van der Waals surface area contributed by atoms with Gasteiger partial charge in [-0.2, -0.15) is 0 Å². The summed E-state index contributed by atoms with van der Waals surface area (Å²) in [5.74, 6) is 0.794. The third kappa shape index (κ3) is 3.24. The molecule has 0 radical (unpaired) electrons. The maximum Gasteiger partial charge on any atom is 0.130 e. The SMILES string of the molecule is Cc1cccc(COc2cccc(Cl)c2CBr)n1. The van der Waals surface area contributed by atoms with Crippen molar-refractivity contribution in [3.05, 3.63) is 58.4 Å². The van der Waals surface area contributed by atoms with E-state index in [9.17, 15) is 0 Å². The average molecular weight is 327 g/mol. The van der Waals surface area contributed by atoms with Crippen LogP contribution in [-0.2, 0) is 11.9 Å². The lowest BCUT2D eigenvalue weighted by atomic mass is 10.2. The Balaban J connectivity index is 2.13. The Bertz CT molecular complexity index is 545. The highest BCUT2D eigenvalue weighted by Crippen LogP contribution is 2.28. The zero-order valence-electron chi connectivity index (χ0n) is 9.99. The lowest BCUT2D eigenvalue weighted by Crippen LogP contribution is -2.01. The van der Waals surface area contributed by atoms with Crippen LogP contribution in [0.15, 0.2) is 36.4 Å². The minimum absolute atomic E-state index is 0.446. The third-order valence-corrected chi connectivity index (χ3v) is 3.45. The lowest BCUT2D eigenvalue weighted by molar-refractivity contribution is 0.299. The van der Waals surface area contributed by atoms with Gasteiger partial charge in [0.15, 0.2) is 0 Å². The zero-order valence-corrected chi connectivity index (χ0v) is 12.3. The predicted molar refractivity (Wildman–Crippen MR) is 77.4 cm³/mol. The van der Waals surface area contributed by atoms with Crippen LogP contribution in [0.5, 0.6) is 5.75 Å². The van der Waals surface area contributed by atoms with E-state index in [2.05, 4.69) is 20.9 Å². The van der Waals surface area contributed by atoms with Crippen LogP contribution in [0.1, 0.15) is 17.0 Å². The Morgan fingerprint density at radius 1 is 1.22 bits per heavy atom. The summed E-state index contributed by atoms with van der Waals surface area (Å²) in [6, 6.07) is 11.5. The molecule has 1 heterocycles. The second kappa shape index (κ2) is 6.21. The third-order valence-electron chi connectivity index (χ3n) is 2.53. The van der Waals surface area contributed by atoms with Crippen LogP contribution >= 0.6 is 27.5 Å². The summed E-state index contributed by atoms with van der Waals surface area (Å²) in [5, 5.41) is 1.38. The van der Waals surface area contributed by atoms with E-state index < -0.39 is 0 Å². The molecule has 0 N–H and O–H groups in total. The summed E-state index contributed by atoms with van der Waals surface area (Å²) in [6.07, 6.45) is 0. The number of hydrogen-bond acceptors (Lipinski definition) is 2. The molecule has 0 amide bonds. The fourth-order valence-corrected chi connectivity index (χ4v) is 2.61. The number of rotatable bonds is 4. The Hall–Kier alpha value is -1.06. The fraction of sp³-hybridized carbons (Fsp3) is 0.214. The molecule has 0 fully saturated rings. The zero-order chi connectivity index (χ0) is 13.0. The van der Waals surface area contributed by atoms with Crippen molar-refractivity contribution in [2.75, 3.05) is 0 Å². The monoisotopic (exact) mass is 325 g/mol. The largest absolute Gasteiger partial charge is 0.487 e. The lowest BCUT2D eigenvalue weighted by Gasteiger charge is -2.11. The molecule has 2 rings (SSSR count). The number of pyridine rings is 1. The molecule has 0 atom stereocenters. The highest BCUT2D eigenvalue weighted by atomic mass is 79.9. The summed E-state index contributed by atoms with van der Waals surface area (Å²) >= 11 is 9.53. The number of halogens is 2. The van der Waals surface area contributed by atoms with Crippen molar-refractivity contribution in [1.82, 2.24) is 4.98 Å². The van der Waals surface area contributed by atoms with Gasteiger partial charge in [0.25, 0.3) is 0 Å². The first-order valence-electron chi connectivity index (χ1n) is 5.59. The molecule has 0 saturated carbocycles. The van der Waals surface area contributed by atoms with Gasteiger partial charge in [-0.1, -0.05) is 39.7 Å². The first-order chi connectivity index (χ1) is 8.70. The van der Waals surface area contributed by atoms with Gasteiger partial charge in [0.2, 0.25) is 0 Å². The molecule has 0 bridgehead atoms. The van der Waals surface area contributed by atoms with E-state index >= 15 is 0 Å². The van der Waals surface area contributed by atoms with E-state index in [0.29, 0.717) is 17.0 Å². The van der Waals surface area contributed by atoms with Crippen molar-refractivity contribution in [2.45, 2.75) is 18.9 Å². The van der Waals surface area contributed by atoms with Crippen molar-refractivity contribution in [3.63, 3.8) is 0 Å². The average Bonchev–Trinajstić information content (AvgIpc) is 2.36. The molecule has 1 aromatic heterocycles. The van der Waals surface area contributed by atoms with Crippen molar-refractivity contribution in [2.24, 2.45) is 0 Å². The molecule has 4 heteroatoms. The van der Waals surface area contributed by atoms with Gasteiger partial charge < -0.3 is 4.74 Å². The highest BCUT2D eigenvalue weighted by molar-refractivity contribution is 9.08. The van der Waals surface area contributed by atoms with Gasteiger partial charge in [-0.3, -0.25) is 4.98 Å². The first-order valence-corrected chi connectivity index (χ1v) is 7.09. The van der Waals surface area contributed by atoms with Crippen LogP contribution in [0.3, 0.4) is 0 Å². The second-order valence-corrected chi connectivity index (χ2v) is 4.88. The van der Waals surface area contributed by atoms with E-state index in [4.69, 9.17) is 16.3 Å². The van der Waals surface area contributed by atoms with Crippen molar-refractivity contribution in [1.29, 1.82) is 0 Å². The van der Waals surface area contributed by atoms with Gasteiger partial charge in [-0.15, -0.1) is 0 Å². The smallest absolute Gasteiger partial charge is 0.130 e. The van der Waals surface area contributed by atoms with E-state index in [1.807, 2.05) is 43.3 Å².